The molecule has 0 saturated carbocycles. The third-order valence-electron chi connectivity index (χ3n) is 6.20. The summed E-state index contributed by atoms with van der Waals surface area (Å²) < 4.78 is 41.0. The number of anilines is 1. The van der Waals surface area contributed by atoms with Gasteiger partial charge >= 0.3 is 0 Å². The van der Waals surface area contributed by atoms with Crippen molar-refractivity contribution in [2.75, 3.05) is 24.5 Å². The first kappa shape index (κ1) is 23.4. The highest BCUT2D eigenvalue weighted by Crippen LogP contribution is 2.31. The molecule has 176 valence electrons. The van der Waals surface area contributed by atoms with Gasteiger partial charge in [0.15, 0.2) is 0 Å². The van der Waals surface area contributed by atoms with E-state index in [0.717, 1.165) is 37.9 Å². The first-order valence-corrected chi connectivity index (χ1v) is 12.8. The molecule has 0 spiro atoms. The zero-order chi connectivity index (χ0) is 23.4. The number of carbonyl (C=O) groups excluding carboxylic acids is 2. The fourth-order valence-electron chi connectivity index (χ4n) is 4.32. The van der Waals surface area contributed by atoms with Crippen LogP contribution in [0.1, 0.15) is 43.2 Å². The summed E-state index contributed by atoms with van der Waals surface area (Å²) in [5.41, 5.74) is 2.13. The molecule has 2 aliphatic rings. The van der Waals surface area contributed by atoms with Crippen molar-refractivity contribution in [1.29, 1.82) is 0 Å². The van der Waals surface area contributed by atoms with Crippen LogP contribution in [0.15, 0.2) is 47.4 Å². The van der Waals surface area contributed by atoms with Crippen LogP contribution in [0.4, 0.5) is 10.1 Å². The smallest absolute Gasteiger partial charge is 0.240 e. The van der Waals surface area contributed by atoms with Gasteiger partial charge in [-0.2, -0.15) is 0 Å². The lowest BCUT2D eigenvalue weighted by Crippen LogP contribution is -2.37. The number of likely N-dealkylation sites (tertiary alicyclic amines) is 1. The topological polar surface area (TPSA) is 86.8 Å². The predicted molar refractivity (Wildman–Crippen MR) is 123 cm³/mol. The van der Waals surface area contributed by atoms with Crippen molar-refractivity contribution in [3.05, 3.63) is 59.4 Å². The van der Waals surface area contributed by atoms with E-state index < -0.39 is 10.0 Å². The summed E-state index contributed by atoms with van der Waals surface area (Å²) in [6, 6.07) is 10.3. The number of hydrogen-bond donors (Lipinski definition) is 1. The molecule has 4 rings (SSSR count). The average Bonchev–Trinajstić information content (AvgIpc) is 3.26. The van der Waals surface area contributed by atoms with Gasteiger partial charge in [0.25, 0.3) is 0 Å². The first-order valence-electron chi connectivity index (χ1n) is 11.3. The van der Waals surface area contributed by atoms with Gasteiger partial charge in [-0.05, 0) is 67.1 Å². The molecule has 0 aromatic heterocycles. The molecule has 0 bridgehead atoms. The summed E-state index contributed by atoms with van der Waals surface area (Å²) in [4.78, 5) is 28.7. The Hall–Kier alpha value is -2.78. The molecule has 2 aromatic rings. The van der Waals surface area contributed by atoms with Gasteiger partial charge < -0.3 is 9.80 Å². The number of amides is 2. The van der Waals surface area contributed by atoms with Crippen LogP contribution < -0.4 is 9.62 Å². The van der Waals surface area contributed by atoms with Crippen LogP contribution in [-0.4, -0.2) is 44.8 Å². The maximum atomic E-state index is 13.0. The Balaban J connectivity index is 1.37. The molecule has 1 saturated heterocycles. The molecule has 1 fully saturated rings. The molecule has 7 nitrogen and oxygen atoms in total. The van der Waals surface area contributed by atoms with Crippen molar-refractivity contribution in [2.24, 2.45) is 0 Å². The number of nitrogens with zero attached hydrogens (tertiary/aromatic N) is 2. The number of rotatable bonds is 7. The molecule has 0 aliphatic carbocycles. The molecule has 2 aromatic carbocycles. The van der Waals surface area contributed by atoms with Gasteiger partial charge in [-0.25, -0.2) is 17.5 Å². The normalized spacial score (nSPS) is 16.0. The Kier molecular flexibility index (Phi) is 7.09. The number of hydrogen-bond acceptors (Lipinski definition) is 4. The summed E-state index contributed by atoms with van der Waals surface area (Å²) in [5, 5.41) is 0. The Morgan fingerprint density at radius 2 is 1.61 bits per heavy atom. The Labute approximate surface area is 193 Å². The van der Waals surface area contributed by atoms with Gasteiger partial charge in [0, 0.05) is 44.7 Å². The lowest BCUT2D eigenvalue weighted by molar-refractivity contribution is -0.133. The van der Waals surface area contributed by atoms with Gasteiger partial charge in [-0.1, -0.05) is 12.1 Å². The van der Waals surface area contributed by atoms with Crippen LogP contribution in [0.25, 0.3) is 0 Å². The van der Waals surface area contributed by atoms with E-state index in [1.807, 2.05) is 4.90 Å². The van der Waals surface area contributed by atoms with E-state index in [9.17, 15) is 22.4 Å². The van der Waals surface area contributed by atoms with E-state index in [4.69, 9.17) is 0 Å². The average molecular weight is 474 g/mol. The Morgan fingerprint density at radius 1 is 0.909 bits per heavy atom. The van der Waals surface area contributed by atoms with Crippen LogP contribution in [-0.2, 0) is 32.6 Å². The van der Waals surface area contributed by atoms with Crippen LogP contribution in [0.2, 0.25) is 0 Å². The monoisotopic (exact) mass is 473 g/mol. The zero-order valence-electron chi connectivity index (χ0n) is 18.4. The van der Waals surface area contributed by atoms with Crippen molar-refractivity contribution in [3.63, 3.8) is 0 Å². The third-order valence-corrected chi connectivity index (χ3v) is 7.60. The number of halogens is 1. The Bertz CT molecular complexity index is 1130. The highest BCUT2D eigenvalue weighted by atomic mass is 32.2. The van der Waals surface area contributed by atoms with Crippen molar-refractivity contribution in [3.8, 4) is 0 Å². The van der Waals surface area contributed by atoms with E-state index in [1.165, 1.54) is 30.3 Å². The molecule has 0 unspecified atom stereocenters. The number of fused-ring (bicyclic) bond motifs is 1. The number of nitrogens with one attached hydrogen (secondary N) is 1. The standard InChI is InChI=1S/C24H28FN3O4S/c25-20-6-4-18(5-7-20)17-26-33(31,32)21-8-9-22-19(16-21)12-15-28(22)24(30)11-10-23(29)27-13-2-1-3-14-27/h4-9,16,26H,1-3,10-15,17H2. The molecule has 2 amide bonds. The second-order valence-electron chi connectivity index (χ2n) is 8.48. The minimum absolute atomic E-state index is 0.0242. The van der Waals surface area contributed by atoms with Gasteiger partial charge in [-0.15, -0.1) is 0 Å². The van der Waals surface area contributed by atoms with E-state index in [1.54, 1.807) is 17.0 Å². The Morgan fingerprint density at radius 3 is 2.33 bits per heavy atom. The molecule has 2 aliphatic heterocycles. The molecular formula is C24H28FN3O4S. The van der Waals surface area contributed by atoms with Crippen molar-refractivity contribution in [2.45, 2.75) is 50.0 Å². The molecule has 0 radical (unpaired) electrons. The summed E-state index contributed by atoms with van der Waals surface area (Å²) in [7, 11) is -3.76. The number of piperidine rings is 1. The van der Waals surface area contributed by atoms with Crippen molar-refractivity contribution >= 4 is 27.5 Å². The largest absolute Gasteiger partial charge is 0.343 e. The number of sulfonamides is 1. The van der Waals surface area contributed by atoms with Gasteiger partial charge in [0.05, 0.1) is 4.90 Å². The summed E-state index contributed by atoms with van der Waals surface area (Å²) >= 11 is 0. The quantitative estimate of drug-likeness (QED) is 0.670. The van der Waals surface area contributed by atoms with Crippen LogP contribution >= 0.6 is 0 Å². The zero-order valence-corrected chi connectivity index (χ0v) is 19.2. The first-order chi connectivity index (χ1) is 15.8. The summed E-state index contributed by atoms with van der Waals surface area (Å²) in [6.07, 6.45) is 4.08. The van der Waals surface area contributed by atoms with Gasteiger partial charge in [0.2, 0.25) is 21.8 Å². The van der Waals surface area contributed by atoms with Crippen LogP contribution in [0.5, 0.6) is 0 Å². The highest BCUT2D eigenvalue weighted by molar-refractivity contribution is 7.89. The maximum absolute atomic E-state index is 13.0. The maximum Gasteiger partial charge on any atom is 0.240 e. The minimum atomic E-state index is -3.76. The molecule has 9 heteroatoms. The fraction of sp³-hybridized carbons (Fsp3) is 0.417. The molecular weight excluding hydrogens is 445 g/mol. The fourth-order valence-corrected chi connectivity index (χ4v) is 5.39. The van der Waals surface area contributed by atoms with Crippen LogP contribution in [0, 0.1) is 5.82 Å². The predicted octanol–water partition coefficient (Wildman–Crippen LogP) is 2.99. The van der Waals surface area contributed by atoms with E-state index in [0.29, 0.717) is 24.2 Å². The van der Waals surface area contributed by atoms with Gasteiger partial charge in [0.1, 0.15) is 5.82 Å². The molecule has 0 atom stereocenters. The SMILES string of the molecule is O=C(CCC(=O)N1CCc2cc(S(=O)(=O)NCc3ccc(F)cc3)ccc21)N1CCCCC1. The van der Waals surface area contributed by atoms with Crippen molar-refractivity contribution < 1.29 is 22.4 Å². The molecule has 2 heterocycles. The highest BCUT2D eigenvalue weighted by Gasteiger charge is 2.27. The van der Waals surface area contributed by atoms with Crippen LogP contribution in [0.3, 0.4) is 0 Å². The van der Waals surface area contributed by atoms with E-state index >= 15 is 0 Å². The number of carbonyl (C=O) groups is 2. The lowest BCUT2D eigenvalue weighted by atomic mass is 10.1. The van der Waals surface area contributed by atoms with Gasteiger partial charge in [-0.3, -0.25) is 9.59 Å². The molecule has 1 N–H and O–H groups in total. The van der Waals surface area contributed by atoms with Crippen molar-refractivity contribution in [1.82, 2.24) is 9.62 Å². The van der Waals surface area contributed by atoms with E-state index in [-0.39, 0.29) is 41.9 Å². The second kappa shape index (κ2) is 10.0. The second-order valence-corrected chi connectivity index (χ2v) is 10.2. The minimum Gasteiger partial charge on any atom is -0.343 e. The summed E-state index contributed by atoms with van der Waals surface area (Å²) in [5.74, 6) is -0.476. The molecule has 33 heavy (non-hydrogen) atoms. The lowest BCUT2D eigenvalue weighted by Gasteiger charge is -2.27. The number of benzene rings is 2. The summed E-state index contributed by atoms with van der Waals surface area (Å²) in [6.45, 7) is 2.06. The third kappa shape index (κ3) is 5.59. The van der Waals surface area contributed by atoms with E-state index in [2.05, 4.69) is 4.72 Å².